The first-order chi connectivity index (χ1) is 7.75. The maximum Gasteiger partial charge on any atom is 0.223 e. The Hall–Kier alpha value is -0.940. The molecule has 0 aliphatic heterocycles. The van der Waals surface area contributed by atoms with Crippen molar-refractivity contribution in [2.24, 2.45) is 11.7 Å². The van der Waals surface area contributed by atoms with Crippen molar-refractivity contribution in [3.63, 3.8) is 0 Å². The van der Waals surface area contributed by atoms with Gasteiger partial charge >= 0.3 is 0 Å². The minimum Gasteiger partial charge on any atom is -0.349 e. The van der Waals surface area contributed by atoms with Crippen LogP contribution in [0.1, 0.15) is 30.7 Å². The quantitative estimate of drug-likeness (QED) is 0.835. The van der Waals surface area contributed by atoms with Crippen molar-refractivity contribution in [3.8, 4) is 0 Å². The lowest BCUT2D eigenvalue weighted by molar-refractivity contribution is -0.126. The second-order valence-electron chi connectivity index (χ2n) is 4.26. The summed E-state index contributed by atoms with van der Waals surface area (Å²) in [5.74, 6) is 0.307. The maximum absolute atomic E-state index is 11.8. The Bertz CT molecular complexity index is 331. The molecule has 0 atom stereocenters. The third-order valence-electron chi connectivity index (χ3n) is 3.04. The van der Waals surface area contributed by atoms with E-state index in [2.05, 4.69) is 10.3 Å². The molecule has 0 spiro atoms. The van der Waals surface area contributed by atoms with Gasteiger partial charge in [0.25, 0.3) is 0 Å². The van der Waals surface area contributed by atoms with Crippen LogP contribution in [0.25, 0.3) is 0 Å². The zero-order valence-corrected chi connectivity index (χ0v) is 10.0. The lowest BCUT2D eigenvalue weighted by Gasteiger charge is -2.24. The molecule has 4 nitrogen and oxygen atoms in total. The van der Waals surface area contributed by atoms with Crippen LogP contribution in [0, 0.1) is 5.92 Å². The highest BCUT2D eigenvalue weighted by Crippen LogP contribution is 2.23. The van der Waals surface area contributed by atoms with Crippen LogP contribution in [-0.4, -0.2) is 16.9 Å². The fraction of sp³-hybridized carbons (Fsp3) is 0.636. The number of carbonyl (C=O) groups is 1. The molecule has 0 bridgehead atoms. The molecule has 88 valence electrons. The predicted octanol–water partition coefficient (Wildman–Crippen LogP) is 1.28. The lowest BCUT2D eigenvalue weighted by atomic mass is 9.86. The van der Waals surface area contributed by atoms with Crippen molar-refractivity contribution in [1.29, 1.82) is 0 Å². The van der Waals surface area contributed by atoms with Crippen LogP contribution in [0.15, 0.2) is 11.6 Å². The average Bonchev–Trinajstić information content (AvgIpc) is 2.80. The highest BCUT2D eigenvalue weighted by molar-refractivity contribution is 7.09. The molecule has 3 N–H and O–H groups in total. The SMILES string of the molecule is NC1CCC(C(=O)NCc2nccs2)CC1. The summed E-state index contributed by atoms with van der Waals surface area (Å²) in [5.41, 5.74) is 5.81. The monoisotopic (exact) mass is 239 g/mol. The molecule has 2 rings (SSSR count). The van der Waals surface area contributed by atoms with Gasteiger partial charge in [-0.15, -0.1) is 11.3 Å². The number of amides is 1. The van der Waals surface area contributed by atoms with Crippen LogP contribution in [-0.2, 0) is 11.3 Å². The van der Waals surface area contributed by atoms with E-state index in [1.165, 1.54) is 0 Å². The summed E-state index contributed by atoms with van der Waals surface area (Å²) in [7, 11) is 0. The Kier molecular flexibility index (Phi) is 3.90. The van der Waals surface area contributed by atoms with Gasteiger partial charge in [-0.05, 0) is 25.7 Å². The molecule has 0 saturated heterocycles. The maximum atomic E-state index is 11.8. The Morgan fingerprint density at radius 1 is 1.50 bits per heavy atom. The van der Waals surface area contributed by atoms with Gasteiger partial charge in [0.2, 0.25) is 5.91 Å². The van der Waals surface area contributed by atoms with Gasteiger partial charge in [-0.1, -0.05) is 0 Å². The van der Waals surface area contributed by atoms with Crippen molar-refractivity contribution in [2.75, 3.05) is 0 Å². The van der Waals surface area contributed by atoms with E-state index in [-0.39, 0.29) is 11.8 Å². The van der Waals surface area contributed by atoms with Crippen LogP contribution >= 0.6 is 11.3 Å². The van der Waals surface area contributed by atoms with E-state index < -0.39 is 0 Å². The van der Waals surface area contributed by atoms with Crippen LogP contribution in [0.5, 0.6) is 0 Å². The zero-order valence-electron chi connectivity index (χ0n) is 9.19. The second kappa shape index (κ2) is 5.41. The summed E-state index contributed by atoms with van der Waals surface area (Å²) in [5, 5.41) is 5.81. The molecule has 1 amide bonds. The molecule has 16 heavy (non-hydrogen) atoms. The fourth-order valence-corrected chi connectivity index (χ4v) is 2.58. The molecule has 1 aliphatic carbocycles. The number of rotatable bonds is 3. The van der Waals surface area contributed by atoms with Gasteiger partial charge in [-0.25, -0.2) is 4.98 Å². The van der Waals surface area contributed by atoms with Crippen LogP contribution in [0.2, 0.25) is 0 Å². The summed E-state index contributed by atoms with van der Waals surface area (Å²) in [4.78, 5) is 16.0. The first-order valence-corrected chi connectivity index (χ1v) is 6.55. The average molecular weight is 239 g/mol. The number of hydrogen-bond acceptors (Lipinski definition) is 4. The Labute approximate surface area is 99.3 Å². The minimum absolute atomic E-state index is 0.153. The molecular formula is C11H17N3OS. The van der Waals surface area contributed by atoms with Crippen LogP contribution in [0.4, 0.5) is 0 Å². The van der Waals surface area contributed by atoms with Crippen molar-refractivity contribution < 1.29 is 4.79 Å². The van der Waals surface area contributed by atoms with Gasteiger partial charge in [0.1, 0.15) is 5.01 Å². The molecule has 1 fully saturated rings. The van der Waals surface area contributed by atoms with Crippen LogP contribution < -0.4 is 11.1 Å². The number of thiazole rings is 1. The van der Waals surface area contributed by atoms with E-state index in [0.717, 1.165) is 30.7 Å². The standard InChI is InChI=1S/C11H17N3OS/c12-9-3-1-8(2-4-9)11(15)14-7-10-13-5-6-16-10/h5-6,8-9H,1-4,7,12H2,(H,14,15). The summed E-state index contributed by atoms with van der Waals surface area (Å²) in [6.45, 7) is 0.555. The van der Waals surface area contributed by atoms with Gasteiger partial charge < -0.3 is 11.1 Å². The molecule has 1 saturated carbocycles. The number of nitrogens with zero attached hydrogens (tertiary/aromatic N) is 1. The molecular weight excluding hydrogens is 222 g/mol. The Morgan fingerprint density at radius 2 is 2.25 bits per heavy atom. The zero-order chi connectivity index (χ0) is 11.4. The highest BCUT2D eigenvalue weighted by atomic mass is 32.1. The summed E-state index contributed by atoms with van der Waals surface area (Å²) < 4.78 is 0. The molecule has 1 aliphatic rings. The van der Waals surface area contributed by atoms with E-state index in [9.17, 15) is 4.79 Å². The van der Waals surface area contributed by atoms with Gasteiger partial charge in [0.05, 0.1) is 6.54 Å². The second-order valence-corrected chi connectivity index (χ2v) is 5.23. The topological polar surface area (TPSA) is 68.0 Å². The lowest BCUT2D eigenvalue weighted by Crippen LogP contribution is -2.35. The summed E-state index contributed by atoms with van der Waals surface area (Å²) in [6.07, 6.45) is 5.53. The van der Waals surface area contributed by atoms with Crippen molar-refractivity contribution in [2.45, 2.75) is 38.3 Å². The fourth-order valence-electron chi connectivity index (χ4n) is 2.03. The molecule has 0 radical (unpaired) electrons. The minimum atomic E-state index is 0.153. The number of nitrogens with two attached hydrogens (primary N) is 1. The van der Waals surface area contributed by atoms with Crippen molar-refractivity contribution in [1.82, 2.24) is 10.3 Å². The number of carbonyl (C=O) groups excluding carboxylic acids is 1. The third-order valence-corrected chi connectivity index (χ3v) is 3.82. The largest absolute Gasteiger partial charge is 0.349 e. The molecule has 0 aromatic carbocycles. The first kappa shape index (κ1) is 11.5. The molecule has 5 heteroatoms. The van der Waals surface area contributed by atoms with Gasteiger partial charge in [-0.2, -0.15) is 0 Å². The predicted molar refractivity (Wildman–Crippen MR) is 63.9 cm³/mol. The number of aromatic nitrogens is 1. The smallest absolute Gasteiger partial charge is 0.223 e. The Morgan fingerprint density at radius 3 is 2.88 bits per heavy atom. The van der Waals surface area contributed by atoms with Gasteiger partial charge in [-0.3, -0.25) is 4.79 Å². The van der Waals surface area contributed by atoms with E-state index >= 15 is 0 Å². The molecule has 0 unspecified atom stereocenters. The van der Waals surface area contributed by atoms with Crippen molar-refractivity contribution >= 4 is 17.2 Å². The van der Waals surface area contributed by atoms with E-state index in [1.54, 1.807) is 17.5 Å². The van der Waals surface area contributed by atoms with E-state index in [4.69, 9.17) is 5.73 Å². The molecule has 1 aromatic heterocycles. The van der Waals surface area contributed by atoms with Gasteiger partial charge in [0.15, 0.2) is 0 Å². The van der Waals surface area contributed by atoms with Crippen LogP contribution in [0.3, 0.4) is 0 Å². The van der Waals surface area contributed by atoms with E-state index in [1.807, 2.05) is 5.38 Å². The summed E-state index contributed by atoms with van der Waals surface area (Å²) >= 11 is 1.57. The molecule has 1 heterocycles. The number of hydrogen-bond donors (Lipinski definition) is 2. The number of nitrogens with one attached hydrogen (secondary N) is 1. The Balaban J connectivity index is 1.75. The van der Waals surface area contributed by atoms with Crippen molar-refractivity contribution in [3.05, 3.63) is 16.6 Å². The molecule has 1 aromatic rings. The highest BCUT2D eigenvalue weighted by Gasteiger charge is 2.24. The summed E-state index contributed by atoms with van der Waals surface area (Å²) in [6, 6.07) is 0.294. The normalized spacial score (nSPS) is 25.3. The van der Waals surface area contributed by atoms with E-state index in [0.29, 0.717) is 12.6 Å². The van der Waals surface area contributed by atoms with Gasteiger partial charge in [0, 0.05) is 23.5 Å². The first-order valence-electron chi connectivity index (χ1n) is 5.67. The third kappa shape index (κ3) is 3.02.